The lowest BCUT2D eigenvalue weighted by atomic mass is 10.2. The van der Waals surface area contributed by atoms with Gasteiger partial charge in [-0.15, -0.1) is 0 Å². The van der Waals surface area contributed by atoms with Crippen LogP contribution in [0, 0.1) is 12.7 Å². The number of carbonyl (C=O) groups is 1. The highest BCUT2D eigenvalue weighted by Gasteiger charge is 2.05. The standard InChI is InChI=1S/C19H17FN4O2/c1-12-21-19(24-23-12)14-5-7-15(8-6-14)22-18(25)10-4-13-3-9-17(26-2)16(20)11-13/h3-11H,1-2H3,(H,22,25)(H,21,23,24)/b10-4+. The topological polar surface area (TPSA) is 79.9 Å². The molecule has 0 unspecified atom stereocenters. The third-order valence-electron chi connectivity index (χ3n) is 3.61. The van der Waals surface area contributed by atoms with Gasteiger partial charge in [-0.1, -0.05) is 6.07 Å². The Morgan fingerprint density at radius 2 is 2.00 bits per heavy atom. The molecular formula is C19H17FN4O2. The van der Waals surface area contributed by atoms with Gasteiger partial charge in [0.15, 0.2) is 17.4 Å². The summed E-state index contributed by atoms with van der Waals surface area (Å²) < 4.78 is 18.5. The number of anilines is 1. The molecule has 0 aliphatic rings. The Labute approximate surface area is 149 Å². The summed E-state index contributed by atoms with van der Waals surface area (Å²) in [4.78, 5) is 16.3. The molecule has 1 heterocycles. The Morgan fingerprint density at radius 3 is 2.62 bits per heavy atom. The largest absolute Gasteiger partial charge is 0.494 e. The van der Waals surface area contributed by atoms with E-state index >= 15 is 0 Å². The molecule has 26 heavy (non-hydrogen) atoms. The number of methoxy groups -OCH3 is 1. The molecule has 0 radical (unpaired) electrons. The SMILES string of the molecule is COc1ccc(/C=C/C(=O)Nc2ccc(-c3n[nH]c(C)n3)cc2)cc1F. The number of benzene rings is 2. The summed E-state index contributed by atoms with van der Waals surface area (Å²) in [5.41, 5.74) is 2.04. The van der Waals surface area contributed by atoms with E-state index in [1.807, 2.05) is 19.1 Å². The molecule has 2 N–H and O–H groups in total. The first-order valence-electron chi connectivity index (χ1n) is 7.87. The van der Waals surface area contributed by atoms with Crippen LogP contribution < -0.4 is 10.1 Å². The molecule has 1 amide bonds. The lowest BCUT2D eigenvalue weighted by Crippen LogP contribution is -2.07. The van der Waals surface area contributed by atoms with Crippen LogP contribution in [0.15, 0.2) is 48.5 Å². The summed E-state index contributed by atoms with van der Waals surface area (Å²) in [7, 11) is 1.40. The number of H-pyrrole nitrogens is 1. The number of rotatable bonds is 5. The molecule has 0 saturated carbocycles. The van der Waals surface area contributed by atoms with Crippen molar-refractivity contribution in [1.82, 2.24) is 15.2 Å². The van der Waals surface area contributed by atoms with Crippen molar-refractivity contribution in [2.75, 3.05) is 12.4 Å². The average molecular weight is 352 g/mol. The van der Waals surface area contributed by atoms with Crippen LogP contribution >= 0.6 is 0 Å². The van der Waals surface area contributed by atoms with Gasteiger partial charge in [0.25, 0.3) is 0 Å². The van der Waals surface area contributed by atoms with Gasteiger partial charge in [0, 0.05) is 17.3 Å². The molecule has 2 aromatic carbocycles. The van der Waals surface area contributed by atoms with E-state index in [9.17, 15) is 9.18 Å². The Hall–Kier alpha value is -3.48. The second-order valence-electron chi connectivity index (χ2n) is 5.54. The highest BCUT2D eigenvalue weighted by Crippen LogP contribution is 2.19. The van der Waals surface area contributed by atoms with Crippen molar-refractivity contribution in [3.8, 4) is 17.1 Å². The Morgan fingerprint density at radius 1 is 1.23 bits per heavy atom. The van der Waals surface area contributed by atoms with E-state index < -0.39 is 5.82 Å². The number of carbonyl (C=O) groups excluding carboxylic acids is 1. The molecular weight excluding hydrogens is 335 g/mol. The predicted octanol–water partition coefficient (Wildman–Crippen LogP) is 3.58. The van der Waals surface area contributed by atoms with E-state index in [1.54, 1.807) is 18.2 Å². The van der Waals surface area contributed by atoms with Crippen LogP contribution in [-0.2, 0) is 4.79 Å². The summed E-state index contributed by atoms with van der Waals surface area (Å²) in [5.74, 6) is 0.697. The number of nitrogens with zero attached hydrogens (tertiary/aromatic N) is 2. The van der Waals surface area contributed by atoms with Crippen molar-refractivity contribution >= 4 is 17.7 Å². The highest BCUT2D eigenvalue weighted by atomic mass is 19.1. The predicted molar refractivity (Wildman–Crippen MR) is 97.2 cm³/mol. The molecule has 6 nitrogen and oxygen atoms in total. The molecule has 1 aromatic heterocycles. The summed E-state index contributed by atoms with van der Waals surface area (Å²) >= 11 is 0. The summed E-state index contributed by atoms with van der Waals surface area (Å²) in [6.45, 7) is 1.83. The van der Waals surface area contributed by atoms with Gasteiger partial charge in [0.1, 0.15) is 5.82 Å². The van der Waals surface area contributed by atoms with Crippen molar-refractivity contribution < 1.29 is 13.9 Å². The molecule has 0 atom stereocenters. The molecule has 3 rings (SSSR count). The van der Waals surface area contributed by atoms with E-state index in [2.05, 4.69) is 20.5 Å². The molecule has 0 spiro atoms. The molecule has 132 valence electrons. The monoisotopic (exact) mass is 352 g/mol. The van der Waals surface area contributed by atoms with E-state index in [-0.39, 0.29) is 11.7 Å². The molecule has 0 fully saturated rings. The minimum atomic E-state index is -0.479. The lowest BCUT2D eigenvalue weighted by Gasteiger charge is -2.04. The molecule has 0 bridgehead atoms. The average Bonchev–Trinajstić information content (AvgIpc) is 3.07. The molecule has 0 saturated heterocycles. The number of nitrogens with one attached hydrogen (secondary N) is 2. The number of amides is 1. The maximum atomic E-state index is 13.6. The van der Waals surface area contributed by atoms with Crippen LogP contribution in [0.2, 0.25) is 0 Å². The smallest absolute Gasteiger partial charge is 0.248 e. The van der Waals surface area contributed by atoms with Gasteiger partial charge >= 0.3 is 0 Å². The third kappa shape index (κ3) is 4.13. The van der Waals surface area contributed by atoms with Gasteiger partial charge in [0.05, 0.1) is 7.11 Å². The maximum Gasteiger partial charge on any atom is 0.248 e. The van der Waals surface area contributed by atoms with Crippen LogP contribution in [0.5, 0.6) is 5.75 Å². The summed E-state index contributed by atoms with van der Waals surface area (Å²) in [6.07, 6.45) is 2.87. The van der Waals surface area contributed by atoms with Gasteiger partial charge < -0.3 is 10.1 Å². The fourth-order valence-electron chi connectivity index (χ4n) is 2.32. The van der Waals surface area contributed by atoms with Crippen molar-refractivity contribution in [2.45, 2.75) is 6.92 Å². The molecule has 0 aliphatic heterocycles. The minimum absolute atomic E-state index is 0.160. The van der Waals surface area contributed by atoms with Gasteiger partial charge in [-0.25, -0.2) is 9.37 Å². The van der Waals surface area contributed by atoms with E-state index in [0.717, 1.165) is 11.4 Å². The fourth-order valence-corrected chi connectivity index (χ4v) is 2.32. The molecule has 0 aliphatic carbocycles. The van der Waals surface area contributed by atoms with Crippen LogP contribution in [0.4, 0.5) is 10.1 Å². The Kier molecular flexibility index (Phi) is 5.07. The van der Waals surface area contributed by atoms with Crippen LogP contribution in [0.1, 0.15) is 11.4 Å². The zero-order chi connectivity index (χ0) is 18.5. The number of aromatic amines is 1. The number of ether oxygens (including phenoxy) is 1. The van der Waals surface area contributed by atoms with Gasteiger partial charge in [-0.3, -0.25) is 9.89 Å². The zero-order valence-electron chi connectivity index (χ0n) is 14.3. The van der Waals surface area contributed by atoms with E-state index in [4.69, 9.17) is 4.74 Å². The minimum Gasteiger partial charge on any atom is -0.494 e. The second kappa shape index (κ2) is 7.60. The maximum absolute atomic E-state index is 13.6. The van der Waals surface area contributed by atoms with Crippen LogP contribution in [-0.4, -0.2) is 28.2 Å². The van der Waals surface area contributed by atoms with Gasteiger partial charge in [0.2, 0.25) is 5.91 Å². The van der Waals surface area contributed by atoms with Crippen molar-refractivity contribution in [3.05, 3.63) is 65.7 Å². The first-order chi connectivity index (χ1) is 12.5. The number of hydrogen-bond donors (Lipinski definition) is 2. The first-order valence-corrected chi connectivity index (χ1v) is 7.87. The Balaban J connectivity index is 1.63. The molecule has 7 heteroatoms. The number of hydrogen-bond acceptors (Lipinski definition) is 4. The second-order valence-corrected chi connectivity index (χ2v) is 5.54. The summed E-state index contributed by atoms with van der Waals surface area (Å²) in [6, 6.07) is 11.6. The first kappa shape index (κ1) is 17.3. The van der Waals surface area contributed by atoms with E-state index in [1.165, 1.54) is 31.4 Å². The third-order valence-corrected chi connectivity index (χ3v) is 3.61. The quantitative estimate of drug-likeness (QED) is 0.688. The summed E-state index contributed by atoms with van der Waals surface area (Å²) in [5, 5.41) is 9.61. The van der Waals surface area contributed by atoms with Crippen LogP contribution in [0.25, 0.3) is 17.5 Å². The highest BCUT2D eigenvalue weighted by molar-refractivity contribution is 6.02. The van der Waals surface area contributed by atoms with E-state index in [0.29, 0.717) is 17.1 Å². The lowest BCUT2D eigenvalue weighted by molar-refractivity contribution is -0.111. The van der Waals surface area contributed by atoms with Crippen molar-refractivity contribution in [3.63, 3.8) is 0 Å². The van der Waals surface area contributed by atoms with Crippen LogP contribution in [0.3, 0.4) is 0 Å². The van der Waals surface area contributed by atoms with Gasteiger partial charge in [-0.05, 0) is 55.0 Å². The molecule has 3 aromatic rings. The zero-order valence-corrected chi connectivity index (χ0v) is 14.3. The Bertz CT molecular complexity index is 948. The normalized spacial score (nSPS) is 10.9. The number of halogens is 1. The van der Waals surface area contributed by atoms with Crippen molar-refractivity contribution in [1.29, 1.82) is 0 Å². The number of aromatic nitrogens is 3. The van der Waals surface area contributed by atoms with Gasteiger partial charge in [-0.2, -0.15) is 5.10 Å². The fraction of sp³-hybridized carbons (Fsp3) is 0.105. The van der Waals surface area contributed by atoms with Crippen molar-refractivity contribution in [2.24, 2.45) is 0 Å². The number of aryl methyl sites for hydroxylation is 1.